The number of amides is 1. The summed E-state index contributed by atoms with van der Waals surface area (Å²) in [6.45, 7) is 3.00. The Bertz CT molecular complexity index is 590. The van der Waals surface area contributed by atoms with Crippen LogP contribution in [0.4, 0.5) is 13.2 Å². The van der Waals surface area contributed by atoms with Crippen LogP contribution in [0.3, 0.4) is 0 Å². The molecule has 1 saturated heterocycles. The Kier molecular flexibility index (Phi) is 4.12. The molecule has 2 N–H and O–H groups in total. The largest absolute Gasteiger partial charge is 0.507 e. The number of halogens is 3. The van der Waals surface area contributed by atoms with Crippen LogP contribution in [-0.4, -0.2) is 45.9 Å². The van der Waals surface area contributed by atoms with E-state index in [0.29, 0.717) is 5.56 Å². The third-order valence-corrected chi connectivity index (χ3v) is 4.08. The van der Waals surface area contributed by atoms with E-state index in [1.54, 1.807) is 19.9 Å². The standard InChI is InChI=1S/C15H18F3NO3/c1-9-7-10(2)12(20)11(8-9)13(21)19-5-3-14(22,4-6-19)15(16,17)18/h7-8,20,22H,3-6H2,1-2H3. The van der Waals surface area contributed by atoms with Gasteiger partial charge >= 0.3 is 6.18 Å². The first-order chi connectivity index (χ1) is 10.0. The number of phenolic OH excluding ortho intramolecular Hbond substituents is 1. The molecule has 1 amide bonds. The molecular weight excluding hydrogens is 299 g/mol. The van der Waals surface area contributed by atoms with Crippen molar-refractivity contribution in [2.24, 2.45) is 0 Å². The molecule has 1 aromatic carbocycles. The Hall–Kier alpha value is -1.76. The van der Waals surface area contributed by atoms with Crippen molar-refractivity contribution in [2.75, 3.05) is 13.1 Å². The summed E-state index contributed by atoms with van der Waals surface area (Å²) in [5.74, 6) is -0.680. The number of likely N-dealkylation sites (tertiary alicyclic amines) is 1. The second kappa shape index (κ2) is 5.46. The van der Waals surface area contributed by atoms with Crippen LogP contribution in [0.15, 0.2) is 12.1 Å². The van der Waals surface area contributed by atoms with Gasteiger partial charge in [0.1, 0.15) is 5.75 Å². The molecule has 0 aromatic heterocycles. The van der Waals surface area contributed by atoms with Crippen LogP contribution in [0, 0.1) is 13.8 Å². The number of piperidine rings is 1. The van der Waals surface area contributed by atoms with Gasteiger partial charge < -0.3 is 15.1 Å². The molecule has 0 aliphatic carbocycles. The fourth-order valence-electron chi connectivity index (χ4n) is 2.66. The summed E-state index contributed by atoms with van der Waals surface area (Å²) in [7, 11) is 0. The van der Waals surface area contributed by atoms with Crippen LogP contribution in [0.2, 0.25) is 0 Å². The van der Waals surface area contributed by atoms with Crippen molar-refractivity contribution in [3.05, 3.63) is 28.8 Å². The maximum Gasteiger partial charge on any atom is 0.417 e. The summed E-state index contributed by atoms with van der Waals surface area (Å²) >= 11 is 0. The molecule has 0 radical (unpaired) electrons. The van der Waals surface area contributed by atoms with Gasteiger partial charge in [0.25, 0.3) is 5.91 Å². The van der Waals surface area contributed by atoms with E-state index in [-0.39, 0.29) is 24.4 Å². The first kappa shape index (κ1) is 16.6. The molecule has 0 atom stereocenters. The lowest BCUT2D eigenvalue weighted by Crippen LogP contribution is -2.54. The van der Waals surface area contributed by atoms with E-state index in [2.05, 4.69) is 0 Å². The van der Waals surface area contributed by atoms with Gasteiger partial charge in [-0.1, -0.05) is 6.07 Å². The Morgan fingerprint density at radius 1 is 1.23 bits per heavy atom. The molecule has 1 aromatic rings. The van der Waals surface area contributed by atoms with Gasteiger partial charge in [0, 0.05) is 25.9 Å². The number of hydrogen-bond acceptors (Lipinski definition) is 3. The molecule has 1 aliphatic heterocycles. The zero-order chi connectivity index (χ0) is 16.7. The lowest BCUT2D eigenvalue weighted by Gasteiger charge is -2.39. The first-order valence-corrected chi connectivity index (χ1v) is 6.94. The van der Waals surface area contributed by atoms with Crippen molar-refractivity contribution in [1.82, 2.24) is 4.90 Å². The minimum absolute atomic E-state index is 0.0787. The van der Waals surface area contributed by atoms with E-state index in [1.165, 1.54) is 11.0 Å². The van der Waals surface area contributed by atoms with Gasteiger partial charge in [-0.15, -0.1) is 0 Å². The van der Waals surface area contributed by atoms with Gasteiger partial charge in [0.05, 0.1) is 5.56 Å². The van der Waals surface area contributed by atoms with E-state index in [9.17, 15) is 28.2 Å². The van der Waals surface area contributed by atoms with Crippen LogP contribution >= 0.6 is 0 Å². The minimum atomic E-state index is -4.70. The number of benzene rings is 1. The molecule has 7 heteroatoms. The average molecular weight is 317 g/mol. The van der Waals surface area contributed by atoms with Gasteiger partial charge in [-0.05, 0) is 31.0 Å². The van der Waals surface area contributed by atoms with Crippen LogP contribution in [0.25, 0.3) is 0 Å². The highest BCUT2D eigenvalue weighted by atomic mass is 19.4. The molecule has 0 bridgehead atoms. The Morgan fingerprint density at radius 3 is 2.27 bits per heavy atom. The number of hydrogen-bond donors (Lipinski definition) is 2. The number of carbonyl (C=O) groups is 1. The monoisotopic (exact) mass is 317 g/mol. The van der Waals surface area contributed by atoms with Gasteiger partial charge in [-0.2, -0.15) is 13.2 Å². The van der Waals surface area contributed by atoms with Crippen molar-refractivity contribution in [1.29, 1.82) is 0 Å². The summed E-state index contributed by atoms with van der Waals surface area (Å²) in [5, 5.41) is 19.6. The number of phenols is 1. The topological polar surface area (TPSA) is 60.8 Å². The van der Waals surface area contributed by atoms with Crippen LogP contribution < -0.4 is 0 Å². The SMILES string of the molecule is Cc1cc(C)c(O)c(C(=O)N2CCC(O)(C(F)(F)F)CC2)c1. The quantitative estimate of drug-likeness (QED) is 0.837. The summed E-state index contributed by atoms with van der Waals surface area (Å²) < 4.78 is 38.3. The van der Waals surface area contributed by atoms with Crippen LogP contribution in [-0.2, 0) is 0 Å². The predicted octanol–water partition coefficient (Wildman–Crippen LogP) is 2.54. The van der Waals surface area contributed by atoms with Gasteiger partial charge in [0.2, 0.25) is 0 Å². The number of aromatic hydroxyl groups is 1. The normalized spacial score (nSPS) is 18.4. The predicted molar refractivity (Wildman–Crippen MR) is 73.7 cm³/mol. The molecule has 0 saturated carbocycles. The van der Waals surface area contributed by atoms with Crippen molar-refractivity contribution in [2.45, 2.75) is 38.5 Å². The van der Waals surface area contributed by atoms with Crippen molar-refractivity contribution >= 4 is 5.91 Å². The lowest BCUT2D eigenvalue weighted by atomic mass is 9.90. The number of aliphatic hydroxyl groups is 1. The third-order valence-electron chi connectivity index (χ3n) is 4.08. The summed E-state index contributed by atoms with van der Waals surface area (Å²) in [5.41, 5.74) is -1.35. The molecule has 1 fully saturated rings. The number of rotatable bonds is 1. The van der Waals surface area contributed by atoms with E-state index in [1.807, 2.05) is 0 Å². The van der Waals surface area contributed by atoms with Gasteiger partial charge in [-0.25, -0.2) is 0 Å². The van der Waals surface area contributed by atoms with E-state index in [4.69, 9.17) is 0 Å². The number of nitrogens with zero attached hydrogens (tertiary/aromatic N) is 1. The van der Waals surface area contributed by atoms with Gasteiger partial charge in [-0.3, -0.25) is 4.79 Å². The molecule has 1 aliphatic rings. The number of aryl methyl sites for hydroxylation is 2. The zero-order valence-electron chi connectivity index (χ0n) is 12.4. The summed E-state index contributed by atoms with van der Waals surface area (Å²) in [6.07, 6.45) is -5.83. The van der Waals surface area contributed by atoms with Crippen LogP contribution in [0.1, 0.15) is 34.3 Å². The highest BCUT2D eigenvalue weighted by Crippen LogP contribution is 2.38. The fourth-order valence-corrected chi connectivity index (χ4v) is 2.66. The van der Waals surface area contributed by atoms with Crippen LogP contribution in [0.5, 0.6) is 5.75 Å². The van der Waals surface area contributed by atoms with Crippen molar-refractivity contribution < 1.29 is 28.2 Å². The van der Waals surface area contributed by atoms with E-state index < -0.39 is 30.5 Å². The lowest BCUT2D eigenvalue weighted by molar-refractivity contribution is -0.271. The minimum Gasteiger partial charge on any atom is -0.507 e. The molecule has 0 spiro atoms. The Labute approximate surface area is 126 Å². The molecule has 0 unspecified atom stereocenters. The number of alkyl halides is 3. The second-order valence-corrected chi connectivity index (χ2v) is 5.80. The summed E-state index contributed by atoms with van der Waals surface area (Å²) in [6, 6.07) is 3.22. The average Bonchev–Trinajstić information content (AvgIpc) is 2.41. The van der Waals surface area contributed by atoms with E-state index >= 15 is 0 Å². The molecule has 122 valence electrons. The second-order valence-electron chi connectivity index (χ2n) is 5.80. The van der Waals surface area contributed by atoms with E-state index in [0.717, 1.165) is 5.56 Å². The molecule has 2 rings (SSSR count). The highest BCUT2D eigenvalue weighted by Gasteiger charge is 2.55. The molecule has 22 heavy (non-hydrogen) atoms. The van der Waals surface area contributed by atoms with Crippen molar-refractivity contribution in [3.8, 4) is 5.75 Å². The third kappa shape index (κ3) is 2.90. The number of carbonyl (C=O) groups excluding carboxylic acids is 1. The van der Waals surface area contributed by atoms with Crippen molar-refractivity contribution in [3.63, 3.8) is 0 Å². The Morgan fingerprint density at radius 2 is 1.77 bits per heavy atom. The fraction of sp³-hybridized carbons (Fsp3) is 0.533. The smallest absolute Gasteiger partial charge is 0.417 e. The molecule has 4 nitrogen and oxygen atoms in total. The highest BCUT2D eigenvalue weighted by molar-refractivity contribution is 5.97. The molecular formula is C15H18F3NO3. The van der Waals surface area contributed by atoms with Gasteiger partial charge in [0.15, 0.2) is 5.60 Å². The molecule has 1 heterocycles. The zero-order valence-corrected chi connectivity index (χ0v) is 12.4. The Balaban J connectivity index is 2.17. The first-order valence-electron chi connectivity index (χ1n) is 6.94. The maximum absolute atomic E-state index is 12.8. The summed E-state index contributed by atoms with van der Waals surface area (Å²) in [4.78, 5) is 13.6. The maximum atomic E-state index is 12.8.